The van der Waals surface area contributed by atoms with Crippen LogP contribution in [0.15, 0.2) is 30.3 Å². The predicted octanol–water partition coefficient (Wildman–Crippen LogP) is 3.68. The molecule has 0 unspecified atom stereocenters. The fraction of sp³-hybridized carbons (Fsp3) is 0.353. The van der Waals surface area contributed by atoms with Crippen molar-refractivity contribution in [2.75, 3.05) is 6.61 Å². The van der Waals surface area contributed by atoms with Gasteiger partial charge in [-0.05, 0) is 32.4 Å². The number of carbonyl (C=O) groups is 1. The Bertz CT molecular complexity index is 734. The molecule has 1 heterocycles. The monoisotopic (exact) mass is 316 g/mol. The van der Waals surface area contributed by atoms with Crippen molar-refractivity contribution in [2.24, 2.45) is 0 Å². The number of nitro groups is 1. The van der Waals surface area contributed by atoms with Crippen molar-refractivity contribution in [2.45, 2.75) is 33.7 Å². The number of ether oxygens (including phenoxy) is 1. The first-order valence-corrected chi connectivity index (χ1v) is 7.51. The predicted molar refractivity (Wildman–Crippen MR) is 87.1 cm³/mol. The number of ketones is 1. The summed E-state index contributed by atoms with van der Waals surface area (Å²) in [5.41, 5.74) is 2.55. The lowest BCUT2D eigenvalue weighted by atomic mass is 10.1. The first-order valence-electron chi connectivity index (χ1n) is 7.51. The number of aryl methyl sites for hydroxylation is 1. The Morgan fingerprint density at radius 1 is 1.30 bits per heavy atom. The standard InChI is InChI=1S/C17H20N2O4/c1-4-8-18-12(2)9-16(13(18)3)17(20)11-23-15-7-5-6-14(10-15)19(21)22/h5-7,9-10H,4,8,11H2,1-3H3. The molecule has 0 bridgehead atoms. The number of nitrogens with zero attached hydrogens (tertiary/aromatic N) is 2. The maximum atomic E-state index is 12.4. The van der Waals surface area contributed by atoms with Crippen molar-refractivity contribution < 1.29 is 14.5 Å². The van der Waals surface area contributed by atoms with Crippen LogP contribution in [0.5, 0.6) is 5.75 Å². The van der Waals surface area contributed by atoms with Crippen molar-refractivity contribution >= 4 is 11.5 Å². The molecule has 0 fully saturated rings. The molecule has 0 saturated carbocycles. The van der Waals surface area contributed by atoms with Gasteiger partial charge in [-0.25, -0.2) is 0 Å². The summed E-state index contributed by atoms with van der Waals surface area (Å²) in [4.78, 5) is 22.6. The van der Waals surface area contributed by atoms with Gasteiger partial charge in [0.15, 0.2) is 6.61 Å². The molecule has 0 aliphatic carbocycles. The molecule has 0 N–H and O–H groups in total. The zero-order valence-electron chi connectivity index (χ0n) is 13.5. The van der Waals surface area contributed by atoms with Gasteiger partial charge in [-0.1, -0.05) is 13.0 Å². The Morgan fingerprint density at radius 2 is 2.04 bits per heavy atom. The van der Waals surface area contributed by atoms with E-state index < -0.39 is 4.92 Å². The highest BCUT2D eigenvalue weighted by Gasteiger charge is 2.16. The number of carbonyl (C=O) groups excluding carboxylic acids is 1. The molecule has 6 nitrogen and oxygen atoms in total. The van der Waals surface area contributed by atoms with Gasteiger partial charge in [0.25, 0.3) is 5.69 Å². The van der Waals surface area contributed by atoms with Crippen molar-refractivity contribution in [3.05, 3.63) is 57.4 Å². The topological polar surface area (TPSA) is 74.4 Å². The zero-order chi connectivity index (χ0) is 17.0. The van der Waals surface area contributed by atoms with E-state index in [1.54, 1.807) is 6.07 Å². The number of hydrogen-bond donors (Lipinski definition) is 0. The van der Waals surface area contributed by atoms with Crippen LogP contribution in [-0.2, 0) is 6.54 Å². The number of hydrogen-bond acceptors (Lipinski definition) is 4. The lowest BCUT2D eigenvalue weighted by Gasteiger charge is -2.08. The minimum absolute atomic E-state index is 0.0592. The molecular formula is C17H20N2O4. The van der Waals surface area contributed by atoms with Crippen LogP contribution in [0.1, 0.15) is 35.1 Å². The van der Waals surface area contributed by atoms with Crippen LogP contribution in [0.3, 0.4) is 0 Å². The van der Waals surface area contributed by atoms with Crippen LogP contribution in [0.2, 0.25) is 0 Å². The summed E-state index contributed by atoms with van der Waals surface area (Å²) in [6, 6.07) is 7.69. The number of aromatic nitrogens is 1. The van der Waals surface area contributed by atoms with Crippen LogP contribution < -0.4 is 4.74 Å². The Hall–Kier alpha value is -2.63. The molecule has 0 radical (unpaired) electrons. The van der Waals surface area contributed by atoms with Gasteiger partial charge >= 0.3 is 0 Å². The molecule has 0 amide bonds. The summed E-state index contributed by atoms with van der Waals surface area (Å²) in [5.74, 6) is 0.182. The van der Waals surface area contributed by atoms with E-state index in [-0.39, 0.29) is 18.1 Å². The number of non-ortho nitro benzene ring substituents is 1. The third-order valence-electron chi connectivity index (χ3n) is 3.72. The van der Waals surface area contributed by atoms with Crippen LogP contribution in [-0.4, -0.2) is 21.9 Å². The van der Waals surface area contributed by atoms with Gasteiger partial charge in [-0.15, -0.1) is 0 Å². The molecule has 0 spiro atoms. The fourth-order valence-electron chi connectivity index (χ4n) is 2.56. The van der Waals surface area contributed by atoms with Crippen molar-refractivity contribution in [1.82, 2.24) is 4.57 Å². The molecule has 0 aliphatic heterocycles. The molecule has 0 atom stereocenters. The van der Waals surface area contributed by atoms with E-state index in [0.29, 0.717) is 11.3 Å². The number of Topliss-reactive ketones (excluding diaryl/α,β-unsaturated/α-hetero) is 1. The minimum Gasteiger partial charge on any atom is -0.485 e. The second-order valence-electron chi connectivity index (χ2n) is 5.40. The second-order valence-corrected chi connectivity index (χ2v) is 5.40. The highest BCUT2D eigenvalue weighted by atomic mass is 16.6. The number of benzene rings is 1. The third kappa shape index (κ3) is 3.77. The normalized spacial score (nSPS) is 10.6. The number of nitro benzene ring substituents is 1. The van der Waals surface area contributed by atoms with Gasteiger partial charge in [-0.3, -0.25) is 14.9 Å². The Labute approximate surface area is 134 Å². The minimum atomic E-state index is -0.493. The maximum Gasteiger partial charge on any atom is 0.273 e. The lowest BCUT2D eigenvalue weighted by Crippen LogP contribution is -2.13. The van der Waals surface area contributed by atoms with E-state index in [9.17, 15) is 14.9 Å². The summed E-state index contributed by atoms with van der Waals surface area (Å²) < 4.78 is 7.53. The largest absolute Gasteiger partial charge is 0.485 e. The van der Waals surface area contributed by atoms with Crippen LogP contribution in [0, 0.1) is 24.0 Å². The highest BCUT2D eigenvalue weighted by molar-refractivity contribution is 5.98. The van der Waals surface area contributed by atoms with Crippen LogP contribution in [0.25, 0.3) is 0 Å². The molecule has 122 valence electrons. The average Bonchev–Trinajstić information content (AvgIpc) is 2.81. The maximum absolute atomic E-state index is 12.4. The van der Waals surface area contributed by atoms with Crippen molar-refractivity contribution in [3.63, 3.8) is 0 Å². The summed E-state index contributed by atoms with van der Waals surface area (Å²) in [7, 11) is 0. The fourth-order valence-corrected chi connectivity index (χ4v) is 2.56. The van der Waals surface area contributed by atoms with E-state index >= 15 is 0 Å². The molecule has 1 aromatic heterocycles. The lowest BCUT2D eigenvalue weighted by molar-refractivity contribution is -0.384. The van der Waals surface area contributed by atoms with Gasteiger partial charge in [0.1, 0.15) is 5.75 Å². The van der Waals surface area contributed by atoms with E-state index in [2.05, 4.69) is 11.5 Å². The Balaban J connectivity index is 2.10. The van der Waals surface area contributed by atoms with Crippen molar-refractivity contribution in [1.29, 1.82) is 0 Å². The van der Waals surface area contributed by atoms with Gasteiger partial charge < -0.3 is 9.30 Å². The Morgan fingerprint density at radius 3 is 2.70 bits per heavy atom. The quantitative estimate of drug-likeness (QED) is 0.443. The second kappa shape index (κ2) is 7.09. The average molecular weight is 316 g/mol. The van der Waals surface area contributed by atoms with E-state index in [4.69, 9.17) is 4.74 Å². The SMILES string of the molecule is CCCn1c(C)cc(C(=O)COc2cccc([N+](=O)[O-])c2)c1C. The summed E-state index contributed by atoms with van der Waals surface area (Å²) in [5, 5.41) is 10.7. The molecule has 23 heavy (non-hydrogen) atoms. The molecule has 0 saturated heterocycles. The third-order valence-corrected chi connectivity index (χ3v) is 3.72. The summed E-state index contributed by atoms with van der Waals surface area (Å²) in [6.07, 6.45) is 0.994. The molecule has 6 heteroatoms. The molecule has 1 aromatic carbocycles. The van der Waals surface area contributed by atoms with Crippen LogP contribution in [0.4, 0.5) is 5.69 Å². The Kier molecular flexibility index (Phi) is 5.16. The van der Waals surface area contributed by atoms with Gasteiger partial charge in [0, 0.05) is 29.6 Å². The van der Waals surface area contributed by atoms with Gasteiger partial charge in [0.05, 0.1) is 11.0 Å². The van der Waals surface area contributed by atoms with Crippen molar-refractivity contribution in [3.8, 4) is 5.75 Å². The van der Waals surface area contributed by atoms with E-state index in [1.807, 2.05) is 19.9 Å². The first kappa shape index (κ1) is 16.7. The number of rotatable bonds is 7. The smallest absolute Gasteiger partial charge is 0.273 e. The van der Waals surface area contributed by atoms with Gasteiger partial charge in [0.2, 0.25) is 5.78 Å². The molecular weight excluding hydrogens is 296 g/mol. The highest BCUT2D eigenvalue weighted by Crippen LogP contribution is 2.20. The summed E-state index contributed by atoms with van der Waals surface area (Å²) >= 11 is 0. The first-order chi connectivity index (χ1) is 10.9. The van der Waals surface area contributed by atoms with Gasteiger partial charge in [-0.2, -0.15) is 0 Å². The summed E-state index contributed by atoms with van der Waals surface area (Å²) in [6.45, 7) is 6.71. The van der Waals surface area contributed by atoms with E-state index in [0.717, 1.165) is 24.4 Å². The van der Waals surface area contributed by atoms with E-state index in [1.165, 1.54) is 18.2 Å². The zero-order valence-corrected chi connectivity index (χ0v) is 13.5. The molecule has 2 aromatic rings. The van der Waals surface area contributed by atoms with Crippen LogP contribution >= 0.6 is 0 Å². The molecule has 2 rings (SSSR count). The molecule has 0 aliphatic rings.